The van der Waals surface area contributed by atoms with Crippen LogP contribution in [0.3, 0.4) is 0 Å². The van der Waals surface area contributed by atoms with E-state index in [0.29, 0.717) is 34.1 Å². The van der Waals surface area contributed by atoms with Crippen LogP contribution in [0.25, 0.3) is 5.76 Å². The van der Waals surface area contributed by atoms with Gasteiger partial charge in [0.05, 0.1) is 25.8 Å². The first-order chi connectivity index (χ1) is 15.5. The number of aliphatic hydroxyl groups excluding tert-OH is 1. The maximum atomic E-state index is 13.2. The molecule has 1 aliphatic heterocycles. The molecule has 7 heteroatoms. The quantitative estimate of drug-likeness (QED) is 0.373. The van der Waals surface area contributed by atoms with Gasteiger partial charge in [-0.1, -0.05) is 42.5 Å². The van der Waals surface area contributed by atoms with E-state index in [-0.39, 0.29) is 11.3 Å². The van der Waals surface area contributed by atoms with Gasteiger partial charge in [-0.2, -0.15) is 0 Å². The molecule has 4 rings (SSSR count). The summed E-state index contributed by atoms with van der Waals surface area (Å²) in [6.45, 7) is 1.80. The van der Waals surface area contributed by atoms with Gasteiger partial charge in [-0.15, -0.1) is 0 Å². The number of Topliss-reactive ketones (excluding diaryl/α,β-unsaturated/α-hetero) is 1. The number of pyridine rings is 1. The van der Waals surface area contributed by atoms with E-state index < -0.39 is 17.7 Å². The van der Waals surface area contributed by atoms with Gasteiger partial charge in [0.25, 0.3) is 5.78 Å². The Balaban J connectivity index is 1.97. The van der Waals surface area contributed by atoms with Crippen LogP contribution in [-0.2, 0) is 9.59 Å². The van der Waals surface area contributed by atoms with Crippen molar-refractivity contribution < 1.29 is 24.2 Å². The molecule has 0 spiro atoms. The number of nitrogens with zero attached hydrogens (tertiary/aromatic N) is 2. The molecule has 2 heterocycles. The van der Waals surface area contributed by atoms with Gasteiger partial charge in [0, 0.05) is 11.3 Å². The SMILES string of the molecule is COc1ccc([C@@H]2C(=C(O)c3ccccc3)C(=O)C(=O)N2c2cccc(C)n2)cc1OC. The minimum Gasteiger partial charge on any atom is -0.507 e. The number of aryl methyl sites for hydroxylation is 1. The number of carbonyl (C=O) groups is 2. The Morgan fingerprint density at radius 1 is 0.938 bits per heavy atom. The number of rotatable bonds is 5. The van der Waals surface area contributed by atoms with E-state index in [0.717, 1.165) is 0 Å². The molecule has 2 aromatic carbocycles. The Morgan fingerprint density at radius 2 is 1.66 bits per heavy atom. The highest BCUT2D eigenvalue weighted by molar-refractivity contribution is 6.51. The van der Waals surface area contributed by atoms with Crippen LogP contribution in [-0.4, -0.2) is 36.0 Å². The molecule has 0 saturated carbocycles. The Hall–Kier alpha value is -4.13. The van der Waals surface area contributed by atoms with Gasteiger partial charge in [-0.25, -0.2) is 4.98 Å². The fourth-order valence-corrected chi connectivity index (χ4v) is 3.82. The lowest BCUT2D eigenvalue weighted by Crippen LogP contribution is -2.30. The molecule has 1 aromatic heterocycles. The molecule has 1 amide bonds. The lowest BCUT2D eigenvalue weighted by atomic mass is 9.95. The van der Waals surface area contributed by atoms with Crippen LogP contribution in [0, 0.1) is 6.92 Å². The number of carbonyl (C=O) groups excluding carboxylic acids is 2. The first kappa shape index (κ1) is 21.1. The summed E-state index contributed by atoms with van der Waals surface area (Å²) in [5.74, 6) is -0.537. The van der Waals surface area contributed by atoms with Crippen molar-refractivity contribution in [3.05, 3.63) is 89.1 Å². The fraction of sp³-hybridized carbons (Fsp3) is 0.160. The topological polar surface area (TPSA) is 89.0 Å². The minimum absolute atomic E-state index is 0.0169. The lowest BCUT2D eigenvalue weighted by molar-refractivity contribution is -0.132. The molecule has 0 aliphatic carbocycles. The molecule has 7 nitrogen and oxygen atoms in total. The van der Waals surface area contributed by atoms with Crippen molar-refractivity contribution in [2.45, 2.75) is 13.0 Å². The van der Waals surface area contributed by atoms with Gasteiger partial charge in [-0.3, -0.25) is 14.5 Å². The molecule has 1 aliphatic rings. The number of ether oxygens (including phenoxy) is 2. The largest absolute Gasteiger partial charge is 0.507 e. The second kappa shape index (κ2) is 8.55. The summed E-state index contributed by atoms with van der Waals surface area (Å²) in [5.41, 5.74) is 1.69. The van der Waals surface area contributed by atoms with E-state index in [1.165, 1.54) is 19.1 Å². The van der Waals surface area contributed by atoms with Crippen molar-refractivity contribution in [2.24, 2.45) is 0 Å². The maximum absolute atomic E-state index is 13.2. The second-order valence-corrected chi connectivity index (χ2v) is 7.29. The van der Waals surface area contributed by atoms with Crippen LogP contribution in [0.2, 0.25) is 0 Å². The van der Waals surface area contributed by atoms with Gasteiger partial charge in [0.1, 0.15) is 11.6 Å². The van der Waals surface area contributed by atoms with E-state index in [2.05, 4.69) is 4.98 Å². The van der Waals surface area contributed by atoms with Crippen LogP contribution in [0.15, 0.2) is 72.3 Å². The monoisotopic (exact) mass is 430 g/mol. The number of amides is 1. The van der Waals surface area contributed by atoms with Crippen molar-refractivity contribution in [1.82, 2.24) is 4.98 Å². The standard InChI is InChI=1S/C25H22N2O5/c1-15-8-7-11-20(26-15)27-22(17-12-13-18(31-2)19(14-17)32-3)21(24(29)25(27)30)23(28)16-9-5-4-6-10-16/h4-14,22,28H,1-3H3/t22-/m1/s1. The zero-order valence-corrected chi connectivity index (χ0v) is 17.9. The third-order valence-corrected chi connectivity index (χ3v) is 5.34. The zero-order chi connectivity index (χ0) is 22.8. The summed E-state index contributed by atoms with van der Waals surface area (Å²) < 4.78 is 10.7. The van der Waals surface area contributed by atoms with Crippen LogP contribution in [0.4, 0.5) is 5.82 Å². The van der Waals surface area contributed by atoms with E-state index in [1.54, 1.807) is 73.7 Å². The minimum atomic E-state index is -0.899. The average molecular weight is 430 g/mol. The predicted octanol–water partition coefficient (Wildman–Crippen LogP) is 4.03. The summed E-state index contributed by atoms with van der Waals surface area (Å²) in [6.07, 6.45) is 0. The van der Waals surface area contributed by atoms with Crippen molar-refractivity contribution in [3.8, 4) is 11.5 Å². The van der Waals surface area contributed by atoms with E-state index in [9.17, 15) is 14.7 Å². The summed E-state index contributed by atoms with van der Waals surface area (Å²) in [7, 11) is 3.03. The Bertz CT molecular complexity index is 1220. The molecule has 3 aromatic rings. The first-order valence-corrected chi connectivity index (χ1v) is 9.98. The molecular weight excluding hydrogens is 408 g/mol. The van der Waals surface area contributed by atoms with Gasteiger partial charge in [-0.05, 0) is 36.8 Å². The molecule has 162 valence electrons. The number of methoxy groups -OCH3 is 2. The highest BCUT2D eigenvalue weighted by Gasteiger charge is 2.47. The summed E-state index contributed by atoms with van der Waals surface area (Å²) in [6, 6.07) is 18.1. The number of aromatic nitrogens is 1. The molecule has 1 atom stereocenters. The predicted molar refractivity (Wildman–Crippen MR) is 120 cm³/mol. The van der Waals surface area contributed by atoms with Gasteiger partial charge >= 0.3 is 5.91 Å². The van der Waals surface area contributed by atoms with E-state index in [4.69, 9.17) is 9.47 Å². The first-order valence-electron chi connectivity index (χ1n) is 9.98. The van der Waals surface area contributed by atoms with Crippen molar-refractivity contribution in [1.29, 1.82) is 0 Å². The van der Waals surface area contributed by atoms with Crippen LogP contribution < -0.4 is 14.4 Å². The van der Waals surface area contributed by atoms with Gasteiger partial charge in [0.2, 0.25) is 0 Å². The smallest absolute Gasteiger partial charge is 0.301 e. The number of benzene rings is 2. The summed E-state index contributed by atoms with van der Waals surface area (Å²) in [4.78, 5) is 32.1. The van der Waals surface area contributed by atoms with Crippen molar-refractivity contribution in [2.75, 3.05) is 19.1 Å². The number of hydrogen-bond donors (Lipinski definition) is 1. The third kappa shape index (κ3) is 3.58. The highest BCUT2D eigenvalue weighted by atomic mass is 16.5. The fourth-order valence-electron chi connectivity index (χ4n) is 3.82. The van der Waals surface area contributed by atoms with Crippen LogP contribution in [0.1, 0.15) is 22.9 Å². The second-order valence-electron chi connectivity index (χ2n) is 7.29. The number of ketones is 1. The molecule has 32 heavy (non-hydrogen) atoms. The normalized spacial score (nSPS) is 17.5. The third-order valence-electron chi connectivity index (χ3n) is 5.34. The molecule has 0 bridgehead atoms. The Kier molecular flexibility index (Phi) is 5.64. The Labute approximate surface area is 185 Å². The van der Waals surface area contributed by atoms with Crippen molar-refractivity contribution >= 4 is 23.3 Å². The molecular formula is C25H22N2O5. The molecule has 1 N–H and O–H groups in total. The van der Waals surface area contributed by atoms with Gasteiger partial charge < -0.3 is 14.6 Å². The zero-order valence-electron chi connectivity index (χ0n) is 17.9. The highest BCUT2D eigenvalue weighted by Crippen LogP contribution is 2.43. The molecule has 1 saturated heterocycles. The van der Waals surface area contributed by atoms with Crippen LogP contribution >= 0.6 is 0 Å². The van der Waals surface area contributed by atoms with E-state index >= 15 is 0 Å². The van der Waals surface area contributed by atoms with E-state index in [1.807, 2.05) is 0 Å². The molecule has 1 fully saturated rings. The van der Waals surface area contributed by atoms with Gasteiger partial charge in [0.15, 0.2) is 11.5 Å². The maximum Gasteiger partial charge on any atom is 0.301 e. The number of aliphatic hydroxyl groups is 1. The van der Waals surface area contributed by atoms with Crippen LogP contribution in [0.5, 0.6) is 11.5 Å². The van der Waals surface area contributed by atoms with Crippen molar-refractivity contribution in [3.63, 3.8) is 0 Å². The summed E-state index contributed by atoms with van der Waals surface area (Å²) in [5, 5.41) is 11.1. The number of hydrogen-bond acceptors (Lipinski definition) is 6. The number of anilines is 1. The molecule has 0 radical (unpaired) electrons. The molecule has 0 unspecified atom stereocenters. The summed E-state index contributed by atoms with van der Waals surface area (Å²) >= 11 is 0. The lowest BCUT2D eigenvalue weighted by Gasteiger charge is -2.25. The average Bonchev–Trinajstić information content (AvgIpc) is 3.09. The Morgan fingerprint density at radius 3 is 2.31 bits per heavy atom.